The maximum absolute atomic E-state index is 13.5. The molecule has 1 aliphatic rings. The van der Waals surface area contributed by atoms with Gasteiger partial charge in [-0.05, 0) is 51.4 Å². The molecule has 1 saturated heterocycles. The first kappa shape index (κ1) is 84.2. The summed E-state index contributed by atoms with van der Waals surface area (Å²) in [5, 5.41) is 57.4. The van der Waals surface area contributed by atoms with Crippen LogP contribution in [-0.4, -0.2) is 99.6 Å². The number of amides is 1. The van der Waals surface area contributed by atoms with Gasteiger partial charge in [-0.15, -0.1) is 0 Å². The van der Waals surface area contributed by atoms with E-state index in [4.69, 9.17) is 14.2 Å². The van der Waals surface area contributed by atoms with E-state index in [1.807, 2.05) is 6.08 Å². The maximum atomic E-state index is 13.5. The van der Waals surface area contributed by atoms with E-state index in [2.05, 4.69) is 38.2 Å². The highest BCUT2D eigenvalue weighted by molar-refractivity contribution is 5.80. The van der Waals surface area contributed by atoms with Crippen LogP contribution < -0.4 is 5.32 Å². The van der Waals surface area contributed by atoms with Crippen LogP contribution in [0.4, 0.5) is 0 Å². The van der Waals surface area contributed by atoms with Crippen LogP contribution in [0.1, 0.15) is 393 Å². The number of rotatable bonds is 68. The molecule has 0 aromatic heterocycles. The third-order valence-electron chi connectivity index (χ3n) is 18.6. The quantitative estimate of drug-likeness (QED) is 0.0195. The topological polar surface area (TPSA) is 175 Å². The Hall–Kier alpha value is -1.86. The lowest BCUT2D eigenvalue weighted by molar-refractivity contribution is -0.305. The molecule has 8 unspecified atom stereocenters. The highest BCUT2D eigenvalue weighted by Crippen LogP contribution is 2.27. The zero-order chi connectivity index (χ0) is 63.9. The van der Waals surface area contributed by atoms with Gasteiger partial charge >= 0.3 is 5.97 Å². The van der Waals surface area contributed by atoms with Gasteiger partial charge in [0, 0.05) is 6.42 Å². The Morgan fingerprint density at radius 2 is 0.750 bits per heavy atom. The standard InChI is InChI=1S/C77H147NO10/c1-4-7-10-13-16-19-22-25-27-29-31-33-35-36-37-39-41-43-45-47-50-53-56-59-62-65-72(82)88-75-74(84)73(83)71(66-79)87-77(75)86-67-68(69(80)63-60-57-54-51-48-24-21-18-15-12-9-6-3)78-76(85)70(81)64-61-58-55-52-49-46-44-42-40-38-34-32-30-28-26-23-20-17-14-11-8-5-2/h26,28,60,63,68-71,73-75,77,79-81,83-84H,4-25,27,29-59,61-62,64-67H2,1-3H3,(H,78,85)/b28-26+,63-60+. The molecule has 8 atom stereocenters. The zero-order valence-electron chi connectivity index (χ0n) is 58.1. The zero-order valence-corrected chi connectivity index (χ0v) is 58.1. The van der Waals surface area contributed by atoms with Crippen molar-refractivity contribution in [1.82, 2.24) is 5.32 Å². The van der Waals surface area contributed by atoms with Crippen LogP contribution in [0.15, 0.2) is 24.3 Å². The van der Waals surface area contributed by atoms with Gasteiger partial charge < -0.3 is 45.1 Å². The highest BCUT2D eigenvalue weighted by Gasteiger charge is 2.47. The number of aliphatic hydroxyl groups is 5. The summed E-state index contributed by atoms with van der Waals surface area (Å²) < 4.78 is 17.7. The number of hydrogen-bond donors (Lipinski definition) is 6. The molecule has 520 valence electrons. The van der Waals surface area contributed by atoms with Crippen LogP contribution in [0.25, 0.3) is 0 Å². The lowest BCUT2D eigenvalue weighted by Crippen LogP contribution is -2.61. The molecule has 0 bridgehead atoms. The molecule has 1 fully saturated rings. The second-order valence-corrected chi connectivity index (χ2v) is 27.1. The number of carbonyl (C=O) groups is 2. The molecule has 0 aliphatic carbocycles. The van der Waals surface area contributed by atoms with Crippen molar-refractivity contribution in [3.8, 4) is 0 Å². The van der Waals surface area contributed by atoms with Crippen LogP contribution in [0.2, 0.25) is 0 Å². The predicted molar refractivity (Wildman–Crippen MR) is 371 cm³/mol. The number of ether oxygens (including phenoxy) is 3. The Morgan fingerprint density at radius 3 is 1.10 bits per heavy atom. The van der Waals surface area contributed by atoms with Gasteiger partial charge in [-0.25, -0.2) is 0 Å². The molecular weight excluding hydrogens is 1100 g/mol. The van der Waals surface area contributed by atoms with Crippen LogP contribution in [0.5, 0.6) is 0 Å². The van der Waals surface area contributed by atoms with E-state index in [-0.39, 0.29) is 13.0 Å². The lowest BCUT2D eigenvalue weighted by Gasteiger charge is -2.41. The number of allylic oxidation sites excluding steroid dienone is 3. The van der Waals surface area contributed by atoms with Crippen molar-refractivity contribution < 1.29 is 49.3 Å². The van der Waals surface area contributed by atoms with Crippen LogP contribution in [0.3, 0.4) is 0 Å². The summed E-state index contributed by atoms with van der Waals surface area (Å²) >= 11 is 0. The van der Waals surface area contributed by atoms with E-state index >= 15 is 0 Å². The molecule has 1 heterocycles. The molecule has 0 aromatic rings. The number of esters is 1. The van der Waals surface area contributed by atoms with Gasteiger partial charge in [-0.2, -0.15) is 0 Å². The Labute approximate surface area is 543 Å². The first-order chi connectivity index (χ1) is 43.2. The second kappa shape index (κ2) is 65.2. The lowest BCUT2D eigenvalue weighted by atomic mass is 9.99. The van der Waals surface area contributed by atoms with E-state index in [0.29, 0.717) is 19.3 Å². The average Bonchev–Trinajstić information content (AvgIpc) is 2.54. The summed E-state index contributed by atoms with van der Waals surface area (Å²) in [5.41, 5.74) is 0. The largest absolute Gasteiger partial charge is 0.454 e. The van der Waals surface area contributed by atoms with E-state index in [1.54, 1.807) is 6.08 Å². The van der Waals surface area contributed by atoms with Crippen molar-refractivity contribution in [2.75, 3.05) is 13.2 Å². The smallest absolute Gasteiger partial charge is 0.306 e. The van der Waals surface area contributed by atoms with Crippen molar-refractivity contribution in [2.24, 2.45) is 0 Å². The van der Waals surface area contributed by atoms with Crippen LogP contribution in [0, 0.1) is 0 Å². The first-order valence-electron chi connectivity index (χ1n) is 38.6. The molecule has 88 heavy (non-hydrogen) atoms. The first-order valence-corrected chi connectivity index (χ1v) is 38.6. The molecular formula is C77H147NO10. The van der Waals surface area contributed by atoms with Crippen molar-refractivity contribution >= 4 is 11.9 Å². The van der Waals surface area contributed by atoms with Gasteiger partial charge in [0.2, 0.25) is 5.91 Å². The van der Waals surface area contributed by atoms with Crippen LogP contribution in [-0.2, 0) is 23.8 Å². The normalized spacial score (nSPS) is 18.2. The summed E-state index contributed by atoms with van der Waals surface area (Å²) in [6.07, 6.45) is 69.5. The number of aliphatic hydroxyl groups excluding tert-OH is 5. The Morgan fingerprint density at radius 1 is 0.432 bits per heavy atom. The van der Waals surface area contributed by atoms with Gasteiger partial charge in [0.15, 0.2) is 12.4 Å². The SMILES string of the molecule is CCCCCCCC/C=C/CCCCCCCCCCCCCCC(O)C(=O)NC(COC1OC(CO)C(O)C(O)C1OC(=O)CCCCCCCCCCCCCCCCCCCCCCCCCCC)C(O)/C=C/CCCCCCCCCCCC. The van der Waals surface area contributed by atoms with E-state index < -0.39 is 67.4 Å². The predicted octanol–water partition coefficient (Wildman–Crippen LogP) is 20.4. The molecule has 1 aliphatic heterocycles. The third kappa shape index (κ3) is 51.6. The van der Waals surface area contributed by atoms with Gasteiger partial charge in [0.05, 0.1) is 25.4 Å². The van der Waals surface area contributed by atoms with Gasteiger partial charge in [0.25, 0.3) is 0 Å². The van der Waals surface area contributed by atoms with Crippen molar-refractivity contribution in [2.45, 2.75) is 442 Å². The summed E-state index contributed by atoms with van der Waals surface area (Å²) in [6, 6.07) is -1.02. The van der Waals surface area contributed by atoms with Crippen LogP contribution >= 0.6 is 0 Å². The average molecular weight is 1250 g/mol. The Kier molecular flexibility index (Phi) is 62.4. The summed E-state index contributed by atoms with van der Waals surface area (Å²) in [7, 11) is 0. The van der Waals surface area contributed by atoms with E-state index in [9.17, 15) is 35.1 Å². The minimum absolute atomic E-state index is 0.131. The van der Waals surface area contributed by atoms with Gasteiger partial charge in [-0.1, -0.05) is 360 Å². The monoisotopic (exact) mass is 1250 g/mol. The molecule has 1 amide bonds. The van der Waals surface area contributed by atoms with Crippen molar-refractivity contribution in [1.29, 1.82) is 0 Å². The maximum Gasteiger partial charge on any atom is 0.306 e. The van der Waals surface area contributed by atoms with Crippen molar-refractivity contribution in [3.05, 3.63) is 24.3 Å². The molecule has 0 saturated carbocycles. The molecule has 0 spiro atoms. The number of unbranched alkanes of at least 4 members (excludes halogenated alkanes) is 52. The van der Waals surface area contributed by atoms with Gasteiger partial charge in [-0.3, -0.25) is 9.59 Å². The Bertz CT molecular complexity index is 1530. The van der Waals surface area contributed by atoms with Gasteiger partial charge in [0.1, 0.15) is 24.4 Å². The fraction of sp³-hybridized carbons (Fsp3) is 0.922. The summed E-state index contributed by atoms with van der Waals surface area (Å²) in [4.78, 5) is 26.7. The molecule has 11 heteroatoms. The van der Waals surface area contributed by atoms with E-state index in [0.717, 1.165) is 57.8 Å². The third-order valence-corrected chi connectivity index (χ3v) is 18.6. The minimum atomic E-state index is -1.61. The molecule has 6 N–H and O–H groups in total. The molecule has 11 nitrogen and oxygen atoms in total. The number of nitrogens with one attached hydrogen (secondary N) is 1. The summed E-state index contributed by atoms with van der Waals surface area (Å²) in [6.45, 7) is 5.86. The Balaban J connectivity index is 2.50. The highest BCUT2D eigenvalue weighted by atomic mass is 16.7. The molecule has 1 rings (SSSR count). The molecule has 0 aromatic carbocycles. The fourth-order valence-electron chi connectivity index (χ4n) is 12.5. The van der Waals surface area contributed by atoms with E-state index in [1.165, 1.54) is 289 Å². The second-order valence-electron chi connectivity index (χ2n) is 27.1. The number of carbonyl (C=O) groups excluding carboxylic acids is 2. The molecule has 0 radical (unpaired) electrons. The summed E-state index contributed by atoms with van der Waals surface area (Å²) in [5.74, 6) is -1.17. The minimum Gasteiger partial charge on any atom is -0.454 e. The van der Waals surface area contributed by atoms with Crippen molar-refractivity contribution in [3.63, 3.8) is 0 Å². The number of hydrogen-bond acceptors (Lipinski definition) is 10. The fourth-order valence-corrected chi connectivity index (χ4v) is 12.5.